The summed E-state index contributed by atoms with van der Waals surface area (Å²) in [7, 11) is 0. The van der Waals surface area contributed by atoms with Gasteiger partial charge in [-0.15, -0.1) is 0 Å². The maximum absolute atomic E-state index is 6.31. The van der Waals surface area contributed by atoms with Crippen LogP contribution in [0.15, 0.2) is 42.5 Å². The van der Waals surface area contributed by atoms with Gasteiger partial charge in [-0.1, -0.05) is 59.9 Å². The molecule has 2 aromatic carbocycles. The molecule has 2 aromatic rings. The van der Waals surface area contributed by atoms with Gasteiger partial charge in [-0.25, -0.2) is 0 Å². The van der Waals surface area contributed by atoms with E-state index in [9.17, 15) is 0 Å². The first-order valence-electron chi connectivity index (χ1n) is 6.53. The zero-order chi connectivity index (χ0) is 14.5. The molecule has 20 heavy (non-hydrogen) atoms. The third-order valence-electron chi connectivity index (χ3n) is 3.15. The lowest BCUT2D eigenvalue weighted by atomic mass is 9.98. The van der Waals surface area contributed by atoms with Crippen LogP contribution in [0.2, 0.25) is 15.1 Å². The Hall–Kier alpha value is -0.730. The van der Waals surface area contributed by atoms with Crippen LogP contribution < -0.4 is 5.32 Å². The molecule has 0 spiro atoms. The predicted molar refractivity (Wildman–Crippen MR) is 88.0 cm³/mol. The van der Waals surface area contributed by atoms with Gasteiger partial charge < -0.3 is 5.32 Å². The van der Waals surface area contributed by atoms with Gasteiger partial charge in [0.05, 0.1) is 0 Å². The van der Waals surface area contributed by atoms with Gasteiger partial charge in [0.2, 0.25) is 0 Å². The van der Waals surface area contributed by atoms with Gasteiger partial charge in [0.25, 0.3) is 0 Å². The van der Waals surface area contributed by atoms with Crippen LogP contribution in [0.25, 0.3) is 0 Å². The highest BCUT2D eigenvalue weighted by atomic mass is 35.5. The van der Waals surface area contributed by atoms with Gasteiger partial charge in [-0.2, -0.15) is 0 Å². The second-order valence-electron chi connectivity index (χ2n) is 4.58. The minimum atomic E-state index is 0.0855. The average molecular weight is 329 g/mol. The molecule has 0 fully saturated rings. The lowest BCUT2D eigenvalue weighted by molar-refractivity contribution is 0.550. The summed E-state index contributed by atoms with van der Waals surface area (Å²) >= 11 is 18.5. The van der Waals surface area contributed by atoms with Crippen molar-refractivity contribution in [1.29, 1.82) is 0 Å². The molecular weight excluding hydrogens is 313 g/mol. The highest BCUT2D eigenvalue weighted by Crippen LogP contribution is 2.32. The van der Waals surface area contributed by atoms with E-state index < -0.39 is 0 Å². The zero-order valence-corrected chi connectivity index (χ0v) is 13.4. The lowest BCUT2D eigenvalue weighted by Gasteiger charge is -2.21. The Balaban J connectivity index is 2.29. The fraction of sp³-hybridized carbons (Fsp3) is 0.250. The average Bonchev–Trinajstić information content (AvgIpc) is 2.41. The molecule has 0 saturated carbocycles. The summed E-state index contributed by atoms with van der Waals surface area (Å²) in [5.74, 6) is 0. The minimum absolute atomic E-state index is 0.0855. The first kappa shape index (κ1) is 15.7. The van der Waals surface area contributed by atoms with Crippen LogP contribution in [0.4, 0.5) is 0 Å². The van der Waals surface area contributed by atoms with E-state index in [0.29, 0.717) is 10.0 Å². The van der Waals surface area contributed by atoms with E-state index in [2.05, 4.69) is 12.2 Å². The number of hydrogen-bond donors (Lipinski definition) is 1. The molecule has 0 amide bonds. The third kappa shape index (κ3) is 3.89. The summed E-state index contributed by atoms with van der Waals surface area (Å²) in [5, 5.41) is 5.57. The molecule has 0 bridgehead atoms. The second-order valence-corrected chi connectivity index (χ2v) is 5.83. The first-order chi connectivity index (χ1) is 9.61. The fourth-order valence-electron chi connectivity index (χ4n) is 2.22. The van der Waals surface area contributed by atoms with Gasteiger partial charge in [-0.3, -0.25) is 0 Å². The summed E-state index contributed by atoms with van der Waals surface area (Å²) in [6.07, 6.45) is 0.814. The Bertz CT molecular complexity index is 546. The molecule has 0 aliphatic carbocycles. The number of halogens is 3. The monoisotopic (exact) mass is 327 g/mol. The van der Waals surface area contributed by atoms with E-state index in [4.69, 9.17) is 34.8 Å². The molecule has 1 unspecified atom stereocenters. The zero-order valence-electron chi connectivity index (χ0n) is 11.2. The van der Waals surface area contributed by atoms with E-state index in [1.807, 2.05) is 42.5 Å². The standard InChI is InChI=1S/C16H16Cl3N/c1-2-20-15(10-11-6-8-12(17)9-7-11)16-13(18)4-3-5-14(16)19/h3-9,15,20H,2,10H2,1H3. The Labute approximate surface area is 134 Å². The molecule has 2 rings (SSSR count). The topological polar surface area (TPSA) is 12.0 Å². The Morgan fingerprint density at radius 3 is 2.10 bits per heavy atom. The summed E-state index contributed by atoms with van der Waals surface area (Å²) in [5.41, 5.74) is 2.14. The van der Waals surface area contributed by atoms with E-state index in [1.54, 1.807) is 0 Å². The largest absolute Gasteiger partial charge is 0.310 e. The first-order valence-corrected chi connectivity index (χ1v) is 7.67. The van der Waals surface area contributed by atoms with Gasteiger partial charge in [0.1, 0.15) is 0 Å². The molecule has 4 heteroatoms. The maximum atomic E-state index is 6.31. The summed E-state index contributed by atoms with van der Waals surface area (Å²) < 4.78 is 0. The van der Waals surface area contributed by atoms with E-state index in [0.717, 1.165) is 23.6 Å². The predicted octanol–water partition coefficient (Wildman–Crippen LogP) is 5.54. The third-order valence-corrected chi connectivity index (χ3v) is 4.06. The minimum Gasteiger partial charge on any atom is -0.310 e. The van der Waals surface area contributed by atoms with E-state index in [1.165, 1.54) is 5.56 Å². The Kier molecular flexibility index (Phi) is 5.74. The van der Waals surface area contributed by atoms with Crippen LogP contribution in [-0.2, 0) is 6.42 Å². The van der Waals surface area contributed by atoms with Crippen LogP contribution in [-0.4, -0.2) is 6.54 Å². The van der Waals surface area contributed by atoms with Crippen molar-refractivity contribution in [3.05, 3.63) is 68.7 Å². The molecule has 1 N–H and O–H groups in total. The quantitative estimate of drug-likeness (QED) is 0.760. The molecule has 0 radical (unpaired) electrons. The number of likely N-dealkylation sites (N-methyl/N-ethyl adjacent to an activating group) is 1. The van der Waals surface area contributed by atoms with Crippen LogP contribution in [0, 0.1) is 0 Å². The molecule has 0 heterocycles. The van der Waals surface area contributed by atoms with Crippen molar-refractivity contribution < 1.29 is 0 Å². The molecule has 0 aromatic heterocycles. The molecule has 0 aliphatic heterocycles. The fourth-order valence-corrected chi connectivity index (χ4v) is 3.01. The van der Waals surface area contributed by atoms with Crippen molar-refractivity contribution in [3.63, 3.8) is 0 Å². The summed E-state index contributed by atoms with van der Waals surface area (Å²) in [6, 6.07) is 13.5. The number of nitrogens with one attached hydrogen (secondary N) is 1. The molecule has 0 aliphatic rings. The van der Waals surface area contributed by atoms with Crippen molar-refractivity contribution >= 4 is 34.8 Å². The number of benzene rings is 2. The second kappa shape index (κ2) is 7.33. The van der Waals surface area contributed by atoms with Crippen LogP contribution in [0.3, 0.4) is 0 Å². The smallest absolute Gasteiger partial charge is 0.0468 e. The maximum Gasteiger partial charge on any atom is 0.0468 e. The molecule has 1 atom stereocenters. The summed E-state index contributed by atoms with van der Waals surface area (Å²) in [4.78, 5) is 0. The highest BCUT2D eigenvalue weighted by Gasteiger charge is 2.17. The normalized spacial score (nSPS) is 12.4. The molecular formula is C16H16Cl3N. The van der Waals surface area contributed by atoms with E-state index >= 15 is 0 Å². The van der Waals surface area contributed by atoms with Gasteiger partial charge >= 0.3 is 0 Å². The van der Waals surface area contributed by atoms with Crippen molar-refractivity contribution in [2.24, 2.45) is 0 Å². The number of rotatable bonds is 5. The summed E-state index contributed by atoms with van der Waals surface area (Å²) in [6.45, 7) is 2.92. The van der Waals surface area contributed by atoms with Crippen molar-refractivity contribution in [2.75, 3.05) is 6.54 Å². The SMILES string of the molecule is CCNC(Cc1ccc(Cl)cc1)c1c(Cl)cccc1Cl. The van der Waals surface area contributed by atoms with Crippen molar-refractivity contribution in [1.82, 2.24) is 5.32 Å². The lowest BCUT2D eigenvalue weighted by Crippen LogP contribution is -2.23. The van der Waals surface area contributed by atoms with Gasteiger partial charge in [-0.05, 0) is 42.8 Å². The Morgan fingerprint density at radius 2 is 1.55 bits per heavy atom. The number of hydrogen-bond acceptors (Lipinski definition) is 1. The molecule has 106 valence electrons. The molecule has 1 nitrogen and oxygen atoms in total. The van der Waals surface area contributed by atoms with Crippen molar-refractivity contribution in [3.8, 4) is 0 Å². The van der Waals surface area contributed by atoms with Crippen LogP contribution in [0.1, 0.15) is 24.1 Å². The van der Waals surface area contributed by atoms with Gasteiger partial charge in [0, 0.05) is 26.7 Å². The van der Waals surface area contributed by atoms with Gasteiger partial charge in [0.15, 0.2) is 0 Å². The van der Waals surface area contributed by atoms with E-state index in [-0.39, 0.29) is 6.04 Å². The van der Waals surface area contributed by atoms with Crippen LogP contribution >= 0.6 is 34.8 Å². The van der Waals surface area contributed by atoms with Crippen molar-refractivity contribution in [2.45, 2.75) is 19.4 Å². The molecule has 0 saturated heterocycles. The Morgan fingerprint density at radius 1 is 0.950 bits per heavy atom. The van der Waals surface area contributed by atoms with Crippen LogP contribution in [0.5, 0.6) is 0 Å². The highest BCUT2D eigenvalue weighted by molar-refractivity contribution is 6.36.